The molecule has 3 rings (SSSR count). The molecule has 2 aliphatic rings. The summed E-state index contributed by atoms with van der Waals surface area (Å²) >= 11 is 0. The van der Waals surface area contributed by atoms with Gasteiger partial charge >= 0.3 is 0 Å². The maximum Gasteiger partial charge on any atom is 0.0626 e. The zero-order valence-electron chi connectivity index (χ0n) is 18.2. The normalized spacial score (nSPS) is 20.1. The largest absolute Gasteiger partial charge is 0.371 e. The Bertz CT molecular complexity index is 615. The molecule has 156 valence electrons. The third-order valence-electron chi connectivity index (χ3n) is 6.57. The molecule has 0 amide bonds. The number of aryl methyl sites for hydroxylation is 1. The summed E-state index contributed by atoms with van der Waals surface area (Å²) < 4.78 is 0. The van der Waals surface area contributed by atoms with Crippen molar-refractivity contribution in [1.82, 2.24) is 14.7 Å². The molecule has 2 saturated heterocycles. The Morgan fingerprint density at radius 2 is 1.68 bits per heavy atom. The van der Waals surface area contributed by atoms with E-state index >= 15 is 0 Å². The monoisotopic (exact) mass is 385 g/mol. The van der Waals surface area contributed by atoms with Crippen molar-refractivity contribution in [3.63, 3.8) is 0 Å². The van der Waals surface area contributed by atoms with Crippen LogP contribution >= 0.6 is 0 Å². The van der Waals surface area contributed by atoms with Gasteiger partial charge in [-0.25, -0.2) is 0 Å². The van der Waals surface area contributed by atoms with Crippen molar-refractivity contribution >= 4 is 18.1 Å². The predicted octanol–water partition coefficient (Wildman–Crippen LogP) is 3.26. The standard InChI is InChI=1S/C23H39N5/c1-5-10-26-15-17-27(18-16-26)14-13-25(4)22-8-11-28(12-9-22)23-7-6-21(24-3)19-20(23)2/h6-7,19,22H,3,5,8-18H2,1-2,4H3. The van der Waals surface area contributed by atoms with Gasteiger partial charge in [0, 0.05) is 64.1 Å². The smallest absolute Gasteiger partial charge is 0.0626 e. The van der Waals surface area contributed by atoms with E-state index in [-0.39, 0.29) is 0 Å². The number of hydrogen-bond donors (Lipinski definition) is 0. The first-order valence-corrected chi connectivity index (χ1v) is 11.1. The van der Waals surface area contributed by atoms with Crippen LogP contribution in [0.4, 0.5) is 11.4 Å². The van der Waals surface area contributed by atoms with Crippen molar-refractivity contribution < 1.29 is 0 Å². The molecule has 5 nitrogen and oxygen atoms in total. The summed E-state index contributed by atoms with van der Waals surface area (Å²) in [6.45, 7) is 19.0. The summed E-state index contributed by atoms with van der Waals surface area (Å²) in [6.07, 6.45) is 3.78. The van der Waals surface area contributed by atoms with Crippen LogP contribution in [0.3, 0.4) is 0 Å². The van der Waals surface area contributed by atoms with E-state index in [9.17, 15) is 0 Å². The SMILES string of the molecule is C=Nc1ccc(N2CCC(N(C)CCN3CCN(CCC)CC3)CC2)c(C)c1. The number of likely N-dealkylation sites (N-methyl/N-ethyl adjacent to an activating group) is 1. The van der Waals surface area contributed by atoms with Crippen molar-refractivity contribution in [2.45, 2.75) is 39.2 Å². The van der Waals surface area contributed by atoms with Crippen LogP contribution in [0.5, 0.6) is 0 Å². The van der Waals surface area contributed by atoms with Gasteiger partial charge in [-0.3, -0.25) is 9.89 Å². The highest BCUT2D eigenvalue weighted by molar-refractivity contribution is 5.60. The highest BCUT2D eigenvalue weighted by Crippen LogP contribution is 2.28. The van der Waals surface area contributed by atoms with E-state index in [1.54, 1.807) is 0 Å². The van der Waals surface area contributed by atoms with E-state index in [4.69, 9.17) is 0 Å². The van der Waals surface area contributed by atoms with Crippen LogP contribution in [0.15, 0.2) is 23.2 Å². The lowest BCUT2D eigenvalue weighted by atomic mass is 10.0. The summed E-state index contributed by atoms with van der Waals surface area (Å²) in [6, 6.07) is 7.14. The lowest BCUT2D eigenvalue weighted by molar-refractivity contribution is 0.111. The van der Waals surface area contributed by atoms with Gasteiger partial charge in [-0.05, 0) is 70.3 Å². The Morgan fingerprint density at radius 1 is 1.04 bits per heavy atom. The Hall–Kier alpha value is -1.43. The van der Waals surface area contributed by atoms with Crippen molar-refractivity contribution in [2.75, 3.05) is 70.9 Å². The Kier molecular flexibility index (Phi) is 7.89. The van der Waals surface area contributed by atoms with E-state index in [0.29, 0.717) is 6.04 Å². The fourth-order valence-corrected chi connectivity index (χ4v) is 4.67. The molecular formula is C23H39N5. The fraction of sp³-hybridized carbons (Fsp3) is 0.696. The molecular weight excluding hydrogens is 346 g/mol. The van der Waals surface area contributed by atoms with Crippen molar-refractivity contribution in [3.8, 4) is 0 Å². The summed E-state index contributed by atoms with van der Waals surface area (Å²) in [7, 11) is 2.32. The molecule has 2 heterocycles. The average Bonchev–Trinajstić information content (AvgIpc) is 2.73. The first-order chi connectivity index (χ1) is 13.6. The molecule has 5 heteroatoms. The molecule has 1 aromatic rings. The van der Waals surface area contributed by atoms with E-state index in [1.165, 1.54) is 76.3 Å². The molecule has 1 aromatic carbocycles. The first-order valence-electron chi connectivity index (χ1n) is 11.1. The van der Waals surface area contributed by atoms with Crippen LogP contribution in [0.2, 0.25) is 0 Å². The predicted molar refractivity (Wildman–Crippen MR) is 121 cm³/mol. The van der Waals surface area contributed by atoms with E-state index in [1.807, 2.05) is 0 Å². The molecule has 0 aliphatic carbocycles. The number of piperidine rings is 1. The van der Waals surface area contributed by atoms with Crippen LogP contribution in [0, 0.1) is 6.92 Å². The lowest BCUT2D eigenvalue weighted by Gasteiger charge is -2.40. The van der Waals surface area contributed by atoms with E-state index < -0.39 is 0 Å². The quantitative estimate of drug-likeness (QED) is 0.642. The zero-order valence-corrected chi connectivity index (χ0v) is 18.2. The van der Waals surface area contributed by atoms with Gasteiger partial charge in [0.2, 0.25) is 0 Å². The Labute approximate surface area is 172 Å². The number of nitrogens with zero attached hydrogens (tertiary/aromatic N) is 5. The Balaban J connectivity index is 1.40. The van der Waals surface area contributed by atoms with Gasteiger partial charge in [0.25, 0.3) is 0 Å². The van der Waals surface area contributed by atoms with Gasteiger partial charge in [0.1, 0.15) is 0 Å². The molecule has 0 N–H and O–H groups in total. The molecule has 2 fully saturated rings. The molecule has 0 unspecified atom stereocenters. The van der Waals surface area contributed by atoms with Crippen LogP contribution in [0.25, 0.3) is 0 Å². The van der Waals surface area contributed by atoms with Crippen molar-refractivity contribution in [2.24, 2.45) is 4.99 Å². The first kappa shape index (κ1) is 21.3. The maximum absolute atomic E-state index is 4.04. The number of anilines is 1. The molecule has 0 aromatic heterocycles. The minimum Gasteiger partial charge on any atom is -0.371 e. The third-order valence-corrected chi connectivity index (χ3v) is 6.57. The average molecular weight is 386 g/mol. The number of piperazine rings is 1. The van der Waals surface area contributed by atoms with Crippen LogP contribution in [-0.4, -0.2) is 93.4 Å². The third kappa shape index (κ3) is 5.56. The number of hydrogen-bond acceptors (Lipinski definition) is 5. The maximum atomic E-state index is 4.04. The minimum absolute atomic E-state index is 0.715. The fourth-order valence-electron chi connectivity index (χ4n) is 4.67. The second kappa shape index (κ2) is 10.4. The summed E-state index contributed by atoms with van der Waals surface area (Å²) in [5, 5.41) is 0. The van der Waals surface area contributed by atoms with Crippen LogP contribution in [0.1, 0.15) is 31.7 Å². The van der Waals surface area contributed by atoms with Gasteiger partial charge in [0.05, 0.1) is 5.69 Å². The molecule has 0 bridgehead atoms. The molecule has 2 aliphatic heterocycles. The topological polar surface area (TPSA) is 25.3 Å². The highest BCUT2D eigenvalue weighted by Gasteiger charge is 2.24. The van der Waals surface area contributed by atoms with Gasteiger partial charge in [-0.2, -0.15) is 0 Å². The van der Waals surface area contributed by atoms with E-state index in [0.717, 1.165) is 18.8 Å². The summed E-state index contributed by atoms with van der Waals surface area (Å²) in [5.74, 6) is 0. The molecule has 0 radical (unpaired) electrons. The van der Waals surface area contributed by atoms with Crippen LogP contribution in [-0.2, 0) is 0 Å². The number of rotatable bonds is 8. The zero-order chi connectivity index (χ0) is 19.9. The number of benzene rings is 1. The van der Waals surface area contributed by atoms with E-state index in [2.05, 4.69) is 70.4 Å². The molecule has 0 saturated carbocycles. The molecule has 0 atom stereocenters. The van der Waals surface area contributed by atoms with Crippen LogP contribution < -0.4 is 4.90 Å². The lowest BCUT2D eigenvalue weighted by Crippen LogP contribution is -2.50. The Morgan fingerprint density at radius 3 is 2.25 bits per heavy atom. The minimum atomic E-state index is 0.715. The molecule has 28 heavy (non-hydrogen) atoms. The van der Waals surface area contributed by atoms with Gasteiger partial charge in [-0.1, -0.05) is 6.92 Å². The second-order valence-corrected chi connectivity index (χ2v) is 8.51. The van der Waals surface area contributed by atoms with Crippen molar-refractivity contribution in [3.05, 3.63) is 23.8 Å². The second-order valence-electron chi connectivity index (χ2n) is 8.51. The van der Waals surface area contributed by atoms with Gasteiger partial charge < -0.3 is 14.7 Å². The highest BCUT2D eigenvalue weighted by atomic mass is 15.3. The van der Waals surface area contributed by atoms with Gasteiger partial charge in [0.15, 0.2) is 0 Å². The summed E-state index contributed by atoms with van der Waals surface area (Å²) in [4.78, 5) is 14.4. The number of aliphatic imine (C=N–C) groups is 1. The molecule has 0 spiro atoms. The van der Waals surface area contributed by atoms with Gasteiger partial charge in [-0.15, -0.1) is 0 Å². The van der Waals surface area contributed by atoms with Crippen molar-refractivity contribution in [1.29, 1.82) is 0 Å². The summed E-state index contributed by atoms with van der Waals surface area (Å²) in [5.41, 5.74) is 3.63.